The van der Waals surface area contributed by atoms with E-state index < -0.39 is 0 Å². The molecule has 2 unspecified atom stereocenters. The van der Waals surface area contributed by atoms with Crippen LogP contribution in [0.15, 0.2) is 0 Å². The average Bonchev–Trinajstić information content (AvgIpc) is 2.56. The number of fused-ring (bicyclic) bond motifs is 2. The predicted molar refractivity (Wildman–Crippen MR) is 76.2 cm³/mol. The molecule has 5 nitrogen and oxygen atoms in total. The molecular formula is C15H25N3O2. The van der Waals surface area contributed by atoms with E-state index in [0.717, 1.165) is 58.2 Å². The molecule has 3 rings (SSSR count). The van der Waals surface area contributed by atoms with E-state index in [0.29, 0.717) is 25.0 Å². The number of hydrogen-bond acceptors (Lipinski definition) is 3. The Bertz CT molecular complexity index is 371. The van der Waals surface area contributed by atoms with E-state index in [9.17, 15) is 9.59 Å². The van der Waals surface area contributed by atoms with Crippen LogP contribution in [0.4, 0.5) is 0 Å². The molecule has 0 aliphatic carbocycles. The second kappa shape index (κ2) is 6.12. The van der Waals surface area contributed by atoms with Crippen molar-refractivity contribution in [2.45, 2.75) is 57.0 Å². The number of likely N-dealkylation sites (tertiary alicyclic amines) is 1. The summed E-state index contributed by atoms with van der Waals surface area (Å²) >= 11 is 0. The minimum Gasteiger partial charge on any atom is -0.334 e. The lowest BCUT2D eigenvalue weighted by Gasteiger charge is -2.30. The van der Waals surface area contributed by atoms with Gasteiger partial charge in [0.25, 0.3) is 0 Å². The van der Waals surface area contributed by atoms with Gasteiger partial charge in [-0.1, -0.05) is 6.42 Å². The lowest BCUT2D eigenvalue weighted by atomic mass is 10.1. The van der Waals surface area contributed by atoms with Crippen LogP contribution < -0.4 is 5.32 Å². The highest BCUT2D eigenvalue weighted by Crippen LogP contribution is 2.28. The van der Waals surface area contributed by atoms with Crippen LogP contribution in [-0.2, 0) is 9.59 Å². The Morgan fingerprint density at radius 2 is 2.00 bits per heavy atom. The molecule has 5 heteroatoms. The molecule has 0 aromatic rings. The maximum Gasteiger partial charge on any atom is 0.242 e. The minimum atomic E-state index is 0.163. The van der Waals surface area contributed by atoms with Gasteiger partial charge in [-0.05, 0) is 38.6 Å². The maximum atomic E-state index is 12.6. The molecule has 3 saturated heterocycles. The van der Waals surface area contributed by atoms with Crippen LogP contribution in [0.2, 0.25) is 0 Å². The molecule has 3 fully saturated rings. The normalized spacial score (nSPS) is 31.1. The number of amides is 2. The van der Waals surface area contributed by atoms with Crippen LogP contribution >= 0.6 is 0 Å². The van der Waals surface area contributed by atoms with Crippen molar-refractivity contribution in [1.29, 1.82) is 0 Å². The quantitative estimate of drug-likeness (QED) is 0.811. The van der Waals surface area contributed by atoms with Crippen molar-refractivity contribution >= 4 is 11.8 Å². The number of rotatable bonds is 2. The summed E-state index contributed by atoms with van der Waals surface area (Å²) in [5.74, 6) is 0.326. The summed E-state index contributed by atoms with van der Waals surface area (Å²) in [6, 6.07) is 0.738. The number of hydrogen-bond donors (Lipinski definition) is 1. The fraction of sp³-hybridized carbons (Fsp3) is 0.867. The summed E-state index contributed by atoms with van der Waals surface area (Å²) in [6.45, 7) is 2.97. The van der Waals surface area contributed by atoms with Crippen LogP contribution in [0, 0.1) is 0 Å². The van der Waals surface area contributed by atoms with Gasteiger partial charge in [0.05, 0.1) is 6.54 Å². The van der Waals surface area contributed by atoms with E-state index in [4.69, 9.17) is 0 Å². The van der Waals surface area contributed by atoms with Crippen LogP contribution in [0.5, 0.6) is 0 Å². The van der Waals surface area contributed by atoms with E-state index in [2.05, 4.69) is 10.2 Å². The molecule has 20 heavy (non-hydrogen) atoms. The van der Waals surface area contributed by atoms with Gasteiger partial charge < -0.3 is 15.1 Å². The first-order valence-corrected chi connectivity index (χ1v) is 8.05. The highest BCUT2D eigenvalue weighted by Gasteiger charge is 2.38. The zero-order valence-corrected chi connectivity index (χ0v) is 12.1. The fourth-order valence-electron chi connectivity index (χ4n) is 3.84. The minimum absolute atomic E-state index is 0.163. The summed E-state index contributed by atoms with van der Waals surface area (Å²) in [6.07, 6.45) is 7.02. The summed E-state index contributed by atoms with van der Waals surface area (Å²) in [5.41, 5.74) is 0. The van der Waals surface area contributed by atoms with Gasteiger partial charge in [0.1, 0.15) is 0 Å². The molecule has 0 spiro atoms. The summed E-state index contributed by atoms with van der Waals surface area (Å²) in [4.78, 5) is 28.5. The molecule has 3 aliphatic heterocycles. The standard InChI is InChI=1S/C15H25N3O2/c19-14-4-2-1-3-9-17(14)11-15(20)18-12-5-6-13(18)10-16-8-7-12/h12-13,16H,1-11H2. The number of nitrogens with zero attached hydrogens (tertiary/aromatic N) is 2. The Morgan fingerprint density at radius 3 is 2.90 bits per heavy atom. The van der Waals surface area contributed by atoms with Gasteiger partial charge in [-0.25, -0.2) is 0 Å². The third kappa shape index (κ3) is 2.82. The van der Waals surface area contributed by atoms with Crippen LogP contribution in [-0.4, -0.2) is 59.9 Å². The topological polar surface area (TPSA) is 52.7 Å². The molecule has 3 aliphatic rings. The first-order valence-electron chi connectivity index (χ1n) is 8.05. The molecule has 112 valence electrons. The third-order valence-electron chi connectivity index (χ3n) is 4.94. The molecule has 0 radical (unpaired) electrons. The molecule has 0 aromatic heterocycles. The molecule has 3 heterocycles. The van der Waals surface area contributed by atoms with Gasteiger partial charge in [0, 0.05) is 31.6 Å². The Hall–Kier alpha value is -1.10. The number of carbonyl (C=O) groups is 2. The second-order valence-corrected chi connectivity index (χ2v) is 6.30. The summed E-state index contributed by atoms with van der Waals surface area (Å²) in [7, 11) is 0. The fourth-order valence-corrected chi connectivity index (χ4v) is 3.84. The van der Waals surface area contributed by atoms with Crippen molar-refractivity contribution in [3.63, 3.8) is 0 Å². The molecule has 0 saturated carbocycles. The smallest absolute Gasteiger partial charge is 0.242 e. The first kappa shape index (κ1) is 13.9. The average molecular weight is 279 g/mol. The van der Waals surface area contributed by atoms with Gasteiger partial charge in [-0.3, -0.25) is 9.59 Å². The molecule has 2 amide bonds. The van der Waals surface area contributed by atoms with Crippen LogP contribution in [0.3, 0.4) is 0 Å². The van der Waals surface area contributed by atoms with Crippen LogP contribution in [0.25, 0.3) is 0 Å². The van der Waals surface area contributed by atoms with Gasteiger partial charge in [0.15, 0.2) is 0 Å². The van der Waals surface area contributed by atoms with Crippen molar-refractivity contribution in [2.24, 2.45) is 0 Å². The van der Waals surface area contributed by atoms with E-state index >= 15 is 0 Å². The Balaban J connectivity index is 1.64. The zero-order chi connectivity index (χ0) is 13.9. The Kier molecular flexibility index (Phi) is 4.24. The molecule has 0 aromatic carbocycles. The van der Waals surface area contributed by atoms with E-state index in [-0.39, 0.29) is 11.8 Å². The SMILES string of the molecule is O=C1CCCCCN1CC(=O)N1C2CCNCC1CC2. The monoisotopic (exact) mass is 279 g/mol. The Labute approximate surface area is 120 Å². The van der Waals surface area contributed by atoms with Gasteiger partial charge in [0.2, 0.25) is 11.8 Å². The Morgan fingerprint density at radius 1 is 1.15 bits per heavy atom. The summed E-state index contributed by atoms with van der Waals surface area (Å²) in [5, 5.41) is 3.41. The second-order valence-electron chi connectivity index (χ2n) is 6.30. The van der Waals surface area contributed by atoms with E-state index in [1.54, 1.807) is 4.90 Å². The lowest BCUT2D eigenvalue weighted by Crippen LogP contribution is -2.48. The van der Waals surface area contributed by atoms with Crippen molar-refractivity contribution in [2.75, 3.05) is 26.2 Å². The predicted octanol–water partition coefficient (Wildman–Crippen LogP) is 0.742. The van der Waals surface area contributed by atoms with Crippen molar-refractivity contribution < 1.29 is 9.59 Å². The largest absolute Gasteiger partial charge is 0.334 e. The van der Waals surface area contributed by atoms with Crippen molar-refractivity contribution in [3.05, 3.63) is 0 Å². The number of carbonyl (C=O) groups excluding carboxylic acids is 2. The van der Waals surface area contributed by atoms with Gasteiger partial charge in [-0.2, -0.15) is 0 Å². The molecule has 2 atom stereocenters. The zero-order valence-electron chi connectivity index (χ0n) is 12.1. The van der Waals surface area contributed by atoms with Gasteiger partial charge >= 0.3 is 0 Å². The molecule has 1 N–H and O–H groups in total. The number of nitrogens with one attached hydrogen (secondary N) is 1. The van der Waals surface area contributed by atoms with Crippen molar-refractivity contribution in [1.82, 2.24) is 15.1 Å². The maximum absolute atomic E-state index is 12.6. The highest BCUT2D eigenvalue weighted by molar-refractivity contribution is 5.85. The summed E-state index contributed by atoms with van der Waals surface area (Å²) < 4.78 is 0. The first-order chi connectivity index (χ1) is 9.75. The lowest BCUT2D eigenvalue weighted by molar-refractivity contribution is -0.141. The van der Waals surface area contributed by atoms with E-state index in [1.165, 1.54) is 0 Å². The molecular weight excluding hydrogens is 254 g/mol. The third-order valence-corrected chi connectivity index (χ3v) is 4.94. The molecule has 2 bridgehead atoms. The van der Waals surface area contributed by atoms with Crippen molar-refractivity contribution in [3.8, 4) is 0 Å². The van der Waals surface area contributed by atoms with Crippen LogP contribution in [0.1, 0.15) is 44.9 Å². The van der Waals surface area contributed by atoms with E-state index in [1.807, 2.05) is 0 Å². The highest BCUT2D eigenvalue weighted by atomic mass is 16.2. The van der Waals surface area contributed by atoms with Gasteiger partial charge in [-0.15, -0.1) is 0 Å².